The van der Waals surface area contributed by atoms with Crippen molar-refractivity contribution in [2.24, 2.45) is 5.41 Å². The average Bonchev–Trinajstić information content (AvgIpc) is 2.57. The molecule has 1 fully saturated rings. The van der Waals surface area contributed by atoms with E-state index in [1.54, 1.807) is 7.11 Å². The van der Waals surface area contributed by atoms with Crippen LogP contribution in [0.5, 0.6) is 5.75 Å². The van der Waals surface area contributed by atoms with Crippen LogP contribution >= 0.6 is 0 Å². The topological polar surface area (TPSA) is 12.5 Å². The number of methoxy groups -OCH3 is 1. The van der Waals surface area contributed by atoms with E-state index in [0.717, 1.165) is 5.75 Å². The lowest BCUT2D eigenvalue weighted by Gasteiger charge is -2.38. The van der Waals surface area contributed by atoms with Crippen LogP contribution in [0.1, 0.15) is 45.1 Å². The first kappa shape index (κ1) is 20.1. The normalized spacial score (nSPS) is 17.2. The lowest BCUT2D eigenvalue weighted by atomic mass is 9.84. The Morgan fingerprint density at radius 3 is 2.72 bits per heavy atom. The van der Waals surface area contributed by atoms with E-state index in [0.29, 0.717) is 5.41 Å². The number of hydrogen-bond donors (Lipinski definition) is 0. The number of halogens is 1. The number of fused-ring (bicyclic) bond motifs is 1. The summed E-state index contributed by atoms with van der Waals surface area (Å²) in [6.07, 6.45) is 6.46. The fourth-order valence-corrected chi connectivity index (χ4v) is 4.06. The molecule has 2 aromatic carbocycles. The van der Waals surface area contributed by atoms with E-state index in [9.17, 15) is 0 Å². The number of ether oxygens (including phenoxy) is 1. The molecule has 1 saturated heterocycles. The summed E-state index contributed by atoms with van der Waals surface area (Å²) < 4.78 is 5.34. The van der Waals surface area contributed by atoms with E-state index in [-0.39, 0.29) is 12.4 Å². The molecule has 0 bridgehead atoms. The van der Waals surface area contributed by atoms with Gasteiger partial charge in [0.1, 0.15) is 5.75 Å². The van der Waals surface area contributed by atoms with Gasteiger partial charge in [-0.15, -0.1) is 0 Å². The second-order valence-corrected chi connectivity index (χ2v) is 8.01. The molecule has 2 nitrogen and oxygen atoms in total. The summed E-state index contributed by atoms with van der Waals surface area (Å²) in [5.74, 6) is 0.937. The van der Waals surface area contributed by atoms with Gasteiger partial charge in [0, 0.05) is 6.54 Å². The molecular formula is C22H31ClNO-. The summed E-state index contributed by atoms with van der Waals surface area (Å²) in [6.45, 7) is 8.62. The van der Waals surface area contributed by atoms with Gasteiger partial charge in [-0.1, -0.05) is 38.1 Å². The molecule has 0 spiro atoms. The van der Waals surface area contributed by atoms with Crippen molar-refractivity contribution in [3.05, 3.63) is 42.0 Å². The van der Waals surface area contributed by atoms with Crippen LogP contribution in [-0.2, 0) is 6.42 Å². The summed E-state index contributed by atoms with van der Waals surface area (Å²) in [7, 11) is 1.73. The molecule has 2 aromatic rings. The third kappa shape index (κ3) is 5.36. The highest BCUT2D eigenvalue weighted by Gasteiger charge is 2.25. The molecular weight excluding hydrogens is 330 g/mol. The number of benzene rings is 2. The second-order valence-electron chi connectivity index (χ2n) is 8.01. The van der Waals surface area contributed by atoms with E-state index in [1.807, 2.05) is 0 Å². The number of rotatable bonds is 6. The Kier molecular flexibility index (Phi) is 7.15. The van der Waals surface area contributed by atoms with Crippen LogP contribution in [0.25, 0.3) is 10.8 Å². The molecule has 0 amide bonds. The Morgan fingerprint density at radius 1 is 1.12 bits per heavy atom. The number of piperidine rings is 1. The zero-order valence-corrected chi connectivity index (χ0v) is 16.6. The number of hydrogen-bond acceptors (Lipinski definition) is 2. The van der Waals surface area contributed by atoms with Gasteiger partial charge in [0.25, 0.3) is 0 Å². The standard InChI is InChI=1S/C22H31NO.ClH/c1-22(2)13-7-15-23(17-22)14-5-4-8-18-9-6-10-19-16-20(24-3)11-12-21(18)19;/h6,9-12,16H,4-5,7-8,13-15,17H2,1-3H3;1H/p-1. The molecule has 138 valence electrons. The highest BCUT2D eigenvalue weighted by molar-refractivity contribution is 5.87. The maximum Gasteiger partial charge on any atom is 0.119 e. The largest absolute Gasteiger partial charge is 1.00 e. The maximum atomic E-state index is 5.34. The van der Waals surface area contributed by atoms with Crippen molar-refractivity contribution in [1.29, 1.82) is 0 Å². The van der Waals surface area contributed by atoms with Crippen LogP contribution in [0.4, 0.5) is 0 Å². The molecule has 0 N–H and O–H groups in total. The first-order valence-corrected chi connectivity index (χ1v) is 9.35. The molecule has 0 atom stereocenters. The summed E-state index contributed by atoms with van der Waals surface area (Å²) in [6, 6.07) is 13.0. The van der Waals surface area contributed by atoms with Gasteiger partial charge in [0.15, 0.2) is 0 Å². The smallest absolute Gasteiger partial charge is 0.119 e. The highest BCUT2D eigenvalue weighted by atomic mass is 35.5. The number of aryl methyl sites for hydroxylation is 1. The molecule has 1 aliphatic heterocycles. The maximum absolute atomic E-state index is 5.34. The zero-order chi connectivity index (χ0) is 17.0. The Hall–Kier alpha value is -1.25. The van der Waals surface area contributed by atoms with Crippen molar-refractivity contribution in [2.75, 3.05) is 26.7 Å². The molecule has 0 unspecified atom stereocenters. The fourth-order valence-electron chi connectivity index (χ4n) is 4.06. The second kappa shape index (κ2) is 8.91. The average molecular weight is 361 g/mol. The van der Waals surface area contributed by atoms with Gasteiger partial charge in [-0.25, -0.2) is 0 Å². The minimum absolute atomic E-state index is 0. The Labute approximate surface area is 159 Å². The van der Waals surface area contributed by atoms with Gasteiger partial charge in [-0.05, 0) is 79.1 Å². The monoisotopic (exact) mass is 360 g/mol. The quantitative estimate of drug-likeness (QED) is 0.733. The number of unbranched alkanes of at least 4 members (excludes halogenated alkanes) is 1. The third-order valence-electron chi connectivity index (χ3n) is 5.33. The summed E-state index contributed by atoms with van der Waals surface area (Å²) in [5.41, 5.74) is 1.97. The zero-order valence-electron chi connectivity index (χ0n) is 15.9. The summed E-state index contributed by atoms with van der Waals surface area (Å²) in [5, 5.41) is 2.65. The van der Waals surface area contributed by atoms with E-state index in [1.165, 1.54) is 68.1 Å². The molecule has 0 radical (unpaired) electrons. The van der Waals surface area contributed by atoms with Crippen LogP contribution < -0.4 is 17.1 Å². The lowest BCUT2D eigenvalue weighted by molar-refractivity contribution is -0.00000603. The van der Waals surface area contributed by atoms with Crippen molar-refractivity contribution in [2.45, 2.75) is 46.0 Å². The van der Waals surface area contributed by atoms with Crippen LogP contribution in [0, 0.1) is 5.41 Å². The Balaban J connectivity index is 0.00000225. The van der Waals surface area contributed by atoms with Crippen molar-refractivity contribution in [1.82, 2.24) is 4.90 Å². The predicted molar refractivity (Wildman–Crippen MR) is 103 cm³/mol. The van der Waals surface area contributed by atoms with Gasteiger partial charge in [-0.2, -0.15) is 0 Å². The molecule has 0 saturated carbocycles. The molecule has 3 heteroatoms. The van der Waals surface area contributed by atoms with Gasteiger partial charge in [0.2, 0.25) is 0 Å². The molecule has 1 aliphatic rings. The van der Waals surface area contributed by atoms with Crippen LogP contribution in [0.3, 0.4) is 0 Å². The van der Waals surface area contributed by atoms with Gasteiger partial charge < -0.3 is 22.0 Å². The van der Waals surface area contributed by atoms with E-state index < -0.39 is 0 Å². The lowest BCUT2D eigenvalue weighted by Crippen LogP contribution is -3.00. The van der Waals surface area contributed by atoms with Gasteiger partial charge in [-0.3, -0.25) is 0 Å². The molecule has 0 aliphatic carbocycles. The predicted octanol–water partition coefficient (Wildman–Crippen LogP) is 2.30. The van der Waals surface area contributed by atoms with E-state index in [4.69, 9.17) is 4.74 Å². The first-order chi connectivity index (χ1) is 11.6. The number of nitrogens with zero attached hydrogens (tertiary/aromatic N) is 1. The van der Waals surface area contributed by atoms with E-state index >= 15 is 0 Å². The third-order valence-corrected chi connectivity index (χ3v) is 5.33. The van der Waals surface area contributed by atoms with E-state index in [2.05, 4.69) is 55.1 Å². The molecule has 0 aromatic heterocycles. The number of likely N-dealkylation sites (tertiary alicyclic amines) is 1. The highest BCUT2D eigenvalue weighted by Crippen LogP contribution is 2.29. The first-order valence-electron chi connectivity index (χ1n) is 9.35. The van der Waals surface area contributed by atoms with Crippen LogP contribution in [0.2, 0.25) is 0 Å². The molecule has 3 rings (SSSR count). The minimum atomic E-state index is 0. The molecule has 25 heavy (non-hydrogen) atoms. The van der Waals surface area contributed by atoms with Crippen molar-refractivity contribution < 1.29 is 17.1 Å². The van der Waals surface area contributed by atoms with Crippen molar-refractivity contribution in [3.8, 4) is 5.75 Å². The van der Waals surface area contributed by atoms with Crippen molar-refractivity contribution in [3.63, 3.8) is 0 Å². The summed E-state index contributed by atoms with van der Waals surface area (Å²) >= 11 is 0. The van der Waals surface area contributed by atoms with Crippen LogP contribution in [0.15, 0.2) is 36.4 Å². The van der Waals surface area contributed by atoms with Gasteiger partial charge >= 0.3 is 0 Å². The minimum Gasteiger partial charge on any atom is -1.00 e. The molecule has 1 heterocycles. The summed E-state index contributed by atoms with van der Waals surface area (Å²) in [4.78, 5) is 2.66. The van der Waals surface area contributed by atoms with Crippen molar-refractivity contribution >= 4 is 10.8 Å². The Morgan fingerprint density at radius 2 is 1.96 bits per heavy atom. The SMILES string of the molecule is COc1ccc2c(CCCCN3CCCC(C)(C)C3)cccc2c1.[Cl-]. The Bertz CT molecular complexity index is 683. The van der Waals surface area contributed by atoms with Gasteiger partial charge in [0.05, 0.1) is 7.11 Å². The van der Waals surface area contributed by atoms with Crippen LogP contribution in [-0.4, -0.2) is 31.6 Å². The fraction of sp³-hybridized carbons (Fsp3) is 0.545.